The molecule has 4 nitrogen and oxygen atoms in total. The van der Waals surface area contributed by atoms with Crippen molar-refractivity contribution in [3.8, 4) is 0 Å². The van der Waals surface area contributed by atoms with Crippen LogP contribution >= 0.6 is 24.0 Å². The van der Waals surface area contributed by atoms with E-state index < -0.39 is 0 Å². The summed E-state index contributed by atoms with van der Waals surface area (Å²) in [6.07, 6.45) is 2.51. The van der Waals surface area contributed by atoms with E-state index in [9.17, 15) is 0 Å². The van der Waals surface area contributed by atoms with E-state index in [1.165, 1.54) is 12.8 Å². The zero-order valence-corrected chi connectivity index (χ0v) is 11.5. The second-order valence-corrected chi connectivity index (χ2v) is 4.60. The Hall–Kier alpha value is -0.420. The Kier molecular flexibility index (Phi) is 6.12. The van der Waals surface area contributed by atoms with Crippen molar-refractivity contribution < 1.29 is 0 Å². The SMILES string of the molecule is CNC1CCCN(Cc2ccc(Cl)nn2)C1.Cl. The maximum atomic E-state index is 5.70. The summed E-state index contributed by atoms with van der Waals surface area (Å²) in [5, 5.41) is 11.7. The molecule has 1 aromatic heterocycles. The molecule has 6 heteroatoms. The average molecular weight is 277 g/mol. The zero-order chi connectivity index (χ0) is 11.4. The van der Waals surface area contributed by atoms with Gasteiger partial charge in [-0.3, -0.25) is 4.90 Å². The molecule has 1 atom stereocenters. The van der Waals surface area contributed by atoms with Gasteiger partial charge in [0.2, 0.25) is 0 Å². The van der Waals surface area contributed by atoms with Gasteiger partial charge in [-0.1, -0.05) is 11.6 Å². The largest absolute Gasteiger partial charge is 0.316 e. The Bertz CT molecular complexity index is 331. The third-order valence-corrected chi connectivity index (χ3v) is 3.19. The van der Waals surface area contributed by atoms with Gasteiger partial charge in [0.05, 0.1) is 5.69 Å². The Morgan fingerprint density at radius 3 is 2.94 bits per heavy atom. The first kappa shape index (κ1) is 14.6. The van der Waals surface area contributed by atoms with Gasteiger partial charge in [0, 0.05) is 19.1 Å². The number of likely N-dealkylation sites (tertiary alicyclic amines) is 1. The fourth-order valence-electron chi connectivity index (χ4n) is 2.09. The van der Waals surface area contributed by atoms with Gasteiger partial charge >= 0.3 is 0 Å². The van der Waals surface area contributed by atoms with Gasteiger partial charge in [-0.2, -0.15) is 5.10 Å². The summed E-state index contributed by atoms with van der Waals surface area (Å²) in [6.45, 7) is 3.09. The van der Waals surface area contributed by atoms with Crippen molar-refractivity contribution in [3.05, 3.63) is 23.0 Å². The summed E-state index contributed by atoms with van der Waals surface area (Å²) in [4.78, 5) is 2.41. The number of likely N-dealkylation sites (N-methyl/N-ethyl adjacent to an activating group) is 1. The van der Waals surface area contributed by atoms with Gasteiger partial charge in [0.15, 0.2) is 5.15 Å². The second-order valence-electron chi connectivity index (χ2n) is 4.21. The van der Waals surface area contributed by atoms with E-state index in [2.05, 4.69) is 20.4 Å². The predicted molar refractivity (Wildman–Crippen MR) is 71.6 cm³/mol. The van der Waals surface area contributed by atoms with Gasteiger partial charge in [-0.15, -0.1) is 17.5 Å². The second kappa shape index (κ2) is 7.11. The molecule has 1 saturated heterocycles. The molecule has 1 aliphatic heterocycles. The number of piperidine rings is 1. The number of aromatic nitrogens is 2. The number of halogens is 2. The molecule has 96 valence electrons. The molecule has 0 aromatic carbocycles. The fourth-order valence-corrected chi connectivity index (χ4v) is 2.19. The first-order valence-corrected chi connectivity index (χ1v) is 6.03. The lowest BCUT2D eigenvalue weighted by molar-refractivity contribution is 0.185. The molecule has 1 fully saturated rings. The summed E-state index contributed by atoms with van der Waals surface area (Å²) in [7, 11) is 2.02. The van der Waals surface area contributed by atoms with E-state index >= 15 is 0 Å². The zero-order valence-electron chi connectivity index (χ0n) is 9.90. The Labute approximate surface area is 113 Å². The lowest BCUT2D eigenvalue weighted by Crippen LogP contribution is -2.44. The van der Waals surface area contributed by atoms with Crippen LogP contribution in [0.25, 0.3) is 0 Å². The quantitative estimate of drug-likeness (QED) is 0.913. The van der Waals surface area contributed by atoms with Crippen LogP contribution in [0.1, 0.15) is 18.5 Å². The molecule has 2 heterocycles. The van der Waals surface area contributed by atoms with Gasteiger partial charge < -0.3 is 5.32 Å². The van der Waals surface area contributed by atoms with Crippen molar-refractivity contribution in [1.82, 2.24) is 20.4 Å². The van der Waals surface area contributed by atoms with Crippen molar-refractivity contribution in [3.63, 3.8) is 0 Å². The molecule has 1 N–H and O–H groups in total. The minimum absolute atomic E-state index is 0. The van der Waals surface area contributed by atoms with Crippen LogP contribution in [0.2, 0.25) is 5.15 Å². The number of rotatable bonds is 3. The lowest BCUT2D eigenvalue weighted by Gasteiger charge is -2.32. The van der Waals surface area contributed by atoms with Crippen molar-refractivity contribution in [2.75, 3.05) is 20.1 Å². The maximum Gasteiger partial charge on any atom is 0.151 e. The number of nitrogens with one attached hydrogen (secondary N) is 1. The summed E-state index contributed by atoms with van der Waals surface area (Å²) in [5.41, 5.74) is 0.987. The summed E-state index contributed by atoms with van der Waals surface area (Å²) >= 11 is 5.70. The number of nitrogens with zero attached hydrogens (tertiary/aromatic N) is 3. The highest BCUT2D eigenvalue weighted by Gasteiger charge is 2.18. The number of hydrogen-bond acceptors (Lipinski definition) is 4. The fraction of sp³-hybridized carbons (Fsp3) is 0.636. The molecule has 2 rings (SSSR count). The van der Waals surface area contributed by atoms with Crippen LogP contribution in [-0.2, 0) is 6.54 Å². The third kappa shape index (κ3) is 4.39. The van der Waals surface area contributed by atoms with Crippen LogP contribution in [0.3, 0.4) is 0 Å². The summed E-state index contributed by atoms with van der Waals surface area (Å²) in [5.74, 6) is 0. The minimum Gasteiger partial charge on any atom is -0.316 e. The van der Waals surface area contributed by atoms with Crippen LogP contribution in [0.15, 0.2) is 12.1 Å². The molecule has 0 amide bonds. The van der Waals surface area contributed by atoms with Gasteiger partial charge in [-0.25, -0.2) is 0 Å². The normalized spacial score (nSPS) is 20.9. The van der Waals surface area contributed by atoms with Crippen molar-refractivity contribution in [1.29, 1.82) is 0 Å². The van der Waals surface area contributed by atoms with Gasteiger partial charge in [0.25, 0.3) is 0 Å². The van der Waals surface area contributed by atoms with Crippen molar-refractivity contribution in [2.24, 2.45) is 0 Å². The minimum atomic E-state index is 0. The first-order valence-electron chi connectivity index (χ1n) is 5.65. The van der Waals surface area contributed by atoms with Crippen LogP contribution < -0.4 is 5.32 Å². The summed E-state index contributed by atoms with van der Waals surface area (Å²) in [6, 6.07) is 4.34. The molecule has 1 aliphatic rings. The van der Waals surface area contributed by atoms with E-state index in [1.807, 2.05) is 13.1 Å². The smallest absolute Gasteiger partial charge is 0.151 e. The Morgan fingerprint density at radius 2 is 2.29 bits per heavy atom. The van der Waals surface area contributed by atoms with E-state index in [0.29, 0.717) is 11.2 Å². The lowest BCUT2D eigenvalue weighted by atomic mass is 10.1. The Balaban J connectivity index is 0.00000144. The molecule has 0 saturated carbocycles. The molecule has 0 spiro atoms. The molecule has 0 aliphatic carbocycles. The monoisotopic (exact) mass is 276 g/mol. The predicted octanol–water partition coefficient (Wildman–Crippen LogP) is 1.74. The van der Waals surface area contributed by atoms with Crippen LogP contribution in [0.4, 0.5) is 0 Å². The average Bonchev–Trinajstić information content (AvgIpc) is 2.32. The highest BCUT2D eigenvalue weighted by Crippen LogP contribution is 2.12. The number of hydrogen-bond donors (Lipinski definition) is 1. The van der Waals surface area contributed by atoms with Crippen LogP contribution in [0.5, 0.6) is 0 Å². The van der Waals surface area contributed by atoms with Gasteiger partial charge in [0.1, 0.15) is 0 Å². The highest BCUT2D eigenvalue weighted by atomic mass is 35.5. The van der Waals surface area contributed by atoms with Crippen LogP contribution in [-0.4, -0.2) is 41.3 Å². The topological polar surface area (TPSA) is 41.0 Å². The van der Waals surface area contributed by atoms with Crippen LogP contribution in [0, 0.1) is 0 Å². The summed E-state index contributed by atoms with van der Waals surface area (Å²) < 4.78 is 0. The Morgan fingerprint density at radius 1 is 1.47 bits per heavy atom. The van der Waals surface area contributed by atoms with Gasteiger partial charge in [-0.05, 0) is 38.6 Å². The molecule has 1 aromatic rings. The molecular weight excluding hydrogens is 259 g/mol. The molecule has 0 bridgehead atoms. The molecule has 17 heavy (non-hydrogen) atoms. The highest BCUT2D eigenvalue weighted by molar-refractivity contribution is 6.29. The van der Waals surface area contributed by atoms with Crippen molar-refractivity contribution in [2.45, 2.75) is 25.4 Å². The van der Waals surface area contributed by atoms with E-state index in [-0.39, 0.29) is 12.4 Å². The third-order valence-electron chi connectivity index (χ3n) is 2.99. The molecule has 0 radical (unpaired) electrons. The van der Waals surface area contributed by atoms with E-state index in [0.717, 1.165) is 25.3 Å². The first-order chi connectivity index (χ1) is 7.78. The maximum absolute atomic E-state index is 5.70. The molecule has 1 unspecified atom stereocenters. The molecular formula is C11H18Cl2N4. The van der Waals surface area contributed by atoms with E-state index in [4.69, 9.17) is 11.6 Å². The standard InChI is InChI=1S/C11H17ClN4.ClH/c1-13-9-3-2-6-16(7-9)8-10-4-5-11(12)15-14-10;/h4-5,9,13H,2-3,6-8H2,1H3;1H. The van der Waals surface area contributed by atoms with E-state index in [1.54, 1.807) is 6.07 Å². The van der Waals surface area contributed by atoms with Crippen molar-refractivity contribution >= 4 is 24.0 Å².